The van der Waals surface area contributed by atoms with Crippen molar-refractivity contribution in [3.8, 4) is 11.5 Å². The molecule has 2 aliphatic rings. The van der Waals surface area contributed by atoms with Gasteiger partial charge in [0, 0.05) is 17.4 Å². The van der Waals surface area contributed by atoms with Crippen LogP contribution in [-0.4, -0.2) is 23.8 Å². The Morgan fingerprint density at radius 3 is 2.12 bits per heavy atom. The highest BCUT2D eigenvalue weighted by molar-refractivity contribution is 5.49. The van der Waals surface area contributed by atoms with E-state index in [2.05, 4.69) is 38.2 Å². The maximum Gasteiger partial charge on any atom is 0.124 e. The van der Waals surface area contributed by atoms with Crippen molar-refractivity contribution < 1.29 is 9.84 Å². The lowest BCUT2D eigenvalue weighted by Gasteiger charge is -2.44. The Morgan fingerprint density at radius 2 is 1.54 bits per heavy atom. The second-order valence-electron chi connectivity index (χ2n) is 8.22. The van der Waals surface area contributed by atoms with Crippen molar-refractivity contribution in [1.82, 2.24) is 5.32 Å². The molecule has 0 spiro atoms. The van der Waals surface area contributed by atoms with Gasteiger partial charge in [0.25, 0.3) is 0 Å². The normalized spacial score (nSPS) is 23.8. The van der Waals surface area contributed by atoms with E-state index < -0.39 is 0 Å². The first-order valence-electron chi connectivity index (χ1n) is 9.69. The second kappa shape index (κ2) is 7.71. The monoisotopic (exact) mass is 353 g/mol. The molecule has 26 heavy (non-hydrogen) atoms. The number of benzene rings is 2. The van der Waals surface area contributed by atoms with Crippen LogP contribution in [0.15, 0.2) is 48.5 Å². The molecule has 0 bridgehead atoms. The van der Waals surface area contributed by atoms with Gasteiger partial charge in [-0.25, -0.2) is 0 Å². The average Bonchev–Trinajstić information content (AvgIpc) is 2.63. The van der Waals surface area contributed by atoms with E-state index in [1.54, 1.807) is 12.1 Å². The maximum absolute atomic E-state index is 9.51. The minimum absolute atomic E-state index is 0.105. The molecule has 2 aromatic carbocycles. The number of nitrogens with one attached hydrogen (secondary N) is 1. The Bertz CT molecular complexity index is 708. The fourth-order valence-corrected chi connectivity index (χ4v) is 4.18. The third kappa shape index (κ3) is 4.21. The van der Waals surface area contributed by atoms with Crippen LogP contribution in [0.5, 0.6) is 11.5 Å². The van der Waals surface area contributed by atoms with E-state index in [1.807, 2.05) is 24.3 Å². The van der Waals surface area contributed by atoms with Gasteiger partial charge < -0.3 is 15.2 Å². The predicted molar refractivity (Wildman–Crippen MR) is 107 cm³/mol. The molecule has 4 rings (SSSR count). The van der Waals surface area contributed by atoms with Crippen LogP contribution in [0.3, 0.4) is 0 Å². The summed E-state index contributed by atoms with van der Waals surface area (Å²) in [5, 5.41) is 12.8. The highest BCUT2D eigenvalue weighted by Gasteiger charge is 2.42. The number of rotatable bonds is 1. The number of para-hydroxylation sites is 1. The third-order valence-electron chi connectivity index (χ3n) is 5.36. The fraction of sp³-hybridized carbons (Fsp3) is 0.478. The summed E-state index contributed by atoms with van der Waals surface area (Å²) >= 11 is 0. The largest absolute Gasteiger partial charge is 0.508 e. The minimum Gasteiger partial charge on any atom is -0.508 e. The zero-order chi connectivity index (χ0) is 18.6. The molecule has 0 aromatic heterocycles. The molecule has 2 aromatic rings. The quantitative estimate of drug-likeness (QED) is 0.756. The van der Waals surface area contributed by atoms with Crippen LogP contribution in [0, 0.1) is 0 Å². The van der Waals surface area contributed by atoms with Crippen LogP contribution in [0.25, 0.3) is 0 Å². The molecule has 140 valence electrons. The maximum atomic E-state index is 9.51. The molecular weight excluding hydrogens is 322 g/mol. The van der Waals surface area contributed by atoms with Crippen molar-refractivity contribution in [3.63, 3.8) is 0 Å². The summed E-state index contributed by atoms with van der Waals surface area (Å²) in [4.78, 5) is 0. The van der Waals surface area contributed by atoms with E-state index >= 15 is 0 Å². The lowest BCUT2D eigenvalue weighted by molar-refractivity contribution is 0.0583. The van der Waals surface area contributed by atoms with E-state index in [9.17, 15) is 5.11 Å². The molecule has 2 N–H and O–H groups in total. The molecule has 0 radical (unpaired) electrons. The standard InChI is InChI=1S/C18H20O2.C5H11N/c1-17(2)12-18(3,13-8-10-14(19)11-9-13)15-6-4-5-7-16(15)20-17;1-2-4-6-5-3-1/h4-11,19H,12H2,1-3H3;6H,1-5H2/t18-;/m0./s1. The van der Waals surface area contributed by atoms with Crippen molar-refractivity contribution in [2.24, 2.45) is 0 Å². The zero-order valence-corrected chi connectivity index (χ0v) is 16.2. The first kappa shape index (κ1) is 18.8. The highest BCUT2D eigenvalue weighted by atomic mass is 16.5. The molecule has 0 amide bonds. The van der Waals surface area contributed by atoms with Gasteiger partial charge in [-0.2, -0.15) is 0 Å². The second-order valence-corrected chi connectivity index (χ2v) is 8.22. The molecule has 1 fully saturated rings. The van der Waals surface area contributed by atoms with Gasteiger partial charge in [-0.3, -0.25) is 0 Å². The van der Waals surface area contributed by atoms with Crippen molar-refractivity contribution in [3.05, 3.63) is 59.7 Å². The fourth-order valence-electron chi connectivity index (χ4n) is 4.18. The highest BCUT2D eigenvalue weighted by Crippen LogP contribution is 2.48. The summed E-state index contributed by atoms with van der Waals surface area (Å²) < 4.78 is 6.11. The van der Waals surface area contributed by atoms with Gasteiger partial charge in [0.1, 0.15) is 17.1 Å². The van der Waals surface area contributed by atoms with Crippen LogP contribution >= 0.6 is 0 Å². The van der Waals surface area contributed by atoms with E-state index in [0.717, 1.165) is 12.2 Å². The summed E-state index contributed by atoms with van der Waals surface area (Å²) in [6, 6.07) is 15.8. The summed E-state index contributed by atoms with van der Waals surface area (Å²) in [5.41, 5.74) is 2.11. The summed E-state index contributed by atoms with van der Waals surface area (Å²) in [6.45, 7) is 9.01. The lowest BCUT2D eigenvalue weighted by Crippen LogP contribution is -2.43. The first-order chi connectivity index (χ1) is 12.4. The molecule has 3 nitrogen and oxygen atoms in total. The molecule has 1 saturated heterocycles. The van der Waals surface area contributed by atoms with E-state index in [4.69, 9.17) is 4.74 Å². The predicted octanol–water partition coefficient (Wildman–Crippen LogP) is 5.02. The molecule has 2 aliphatic heterocycles. The van der Waals surface area contributed by atoms with Gasteiger partial charge in [0.2, 0.25) is 0 Å². The first-order valence-corrected chi connectivity index (χ1v) is 9.69. The van der Waals surface area contributed by atoms with Crippen molar-refractivity contribution >= 4 is 0 Å². The van der Waals surface area contributed by atoms with Crippen LogP contribution in [0.1, 0.15) is 57.6 Å². The summed E-state index contributed by atoms with van der Waals surface area (Å²) in [7, 11) is 0. The van der Waals surface area contributed by atoms with Gasteiger partial charge in [-0.15, -0.1) is 0 Å². The van der Waals surface area contributed by atoms with Crippen molar-refractivity contribution in [1.29, 1.82) is 0 Å². The molecule has 0 saturated carbocycles. The topological polar surface area (TPSA) is 41.5 Å². The Hall–Kier alpha value is -2.00. The molecule has 0 unspecified atom stereocenters. The Kier molecular flexibility index (Phi) is 5.57. The summed E-state index contributed by atoms with van der Waals surface area (Å²) in [5.74, 6) is 1.26. The number of hydrogen-bond donors (Lipinski definition) is 2. The number of hydrogen-bond acceptors (Lipinski definition) is 3. The zero-order valence-electron chi connectivity index (χ0n) is 16.2. The van der Waals surface area contributed by atoms with E-state index in [1.165, 1.54) is 43.5 Å². The van der Waals surface area contributed by atoms with Gasteiger partial charge in [-0.05, 0) is 63.5 Å². The summed E-state index contributed by atoms with van der Waals surface area (Å²) in [6.07, 6.45) is 5.12. The van der Waals surface area contributed by atoms with Crippen LogP contribution in [0.2, 0.25) is 0 Å². The molecule has 3 heteroatoms. The van der Waals surface area contributed by atoms with Gasteiger partial charge in [0.15, 0.2) is 0 Å². The lowest BCUT2D eigenvalue weighted by atomic mass is 9.68. The third-order valence-corrected chi connectivity index (χ3v) is 5.36. The average molecular weight is 354 g/mol. The number of phenols is 1. The molecule has 1 atom stereocenters. The molecule has 2 heterocycles. The van der Waals surface area contributed by atoms with Crippen LogP contribution in [0.4, 0.5) is 0 Å². The SMILES string of the molecule is C1CCNCC1.CC1(C)C[C@@](C)(c2ccc(O)cc2)c2ccccc2O1. The Morgan fingerprint density at radius 1 is 0.885 bits per heavy atom. The van der Waals surface area contributed by atoms with Crippen LogP contribution in [-0.2, 0) is 5.41 Å². The minimum atomic E-state index is -0.207. The molecular formula is C23H31NO2. The Labute approximate surface area is 157 Å². The number of fused-ring (bicyclic) bond motifs is 1. The van der Waals surface area contributed by atoms with E-state index in [0.29, 0.717) is 5.75 Å². The number of phenolic OH excluding ortho intramolecular Hbond substituents is 1. The number of piperidine rings is 1. The van der Waals surface area contributed by atoms with Crippen LogP contribution < -0.4 is 10.1 Å². The van der Waals surface area contributed by atoms with Crippen molar-refractivity contribution in [2.75, 3.05) is 13.1 Å². The van der Waals surface area contributed by atoms with Gasteiger partial charge >= 0.3 is 0 Å². The van der Waals surface area contributed by atoms with Gasteiger partial charge in [0.05, 0.1) is 0 Å². The smallest absolute Gasteiger partial charge is 0.124 e. The van der Waals surface area contributed by atoms with E-state index in [-0.39, 0.29) is 11.0 Å². The number of aromatic hydroxyl groups is 1. The van der Waals surface area contributed by atoms with Gasteiger partial charge in [-0.1, -0.05) is 43.7 Å². The van der Waals surface area contributed by atoms with Crippen molar-refractivity contribution in [2.45, 2.75) is 57.5 Å². The molecule has 0 aliphatic carbocycles. The number of ether oxygens (including phenoxy) is 1. The Balaban J connectivity index is 0.000000278.